The van der Waals surface area contributed by atoms with Gasteiger partial charge < -0.3 is 14.6 Å². The van der Waals surface area contributed by atoms with Gasteiger partial charge in [0.15, 0.2) is 0 Å². The zero-order valence-electron chi connectivity index (χ0n) is 18.3. The first-order chi connectivity index (χ1) is 15.5. The maximum Gasteiger partial charge on any atom is 0.251 e. The van der Waals surface area contributed by atoms with Crippen molar-refractivity contribution >= 4 is 28.5 Å². The molecule has 1 aromatic heterocycles. The van der Waals surface area contributed by atoms with Crippen LogP contribution in [0.5, 0.6) is 5.75 Å². The second kappa shape index (κ2) is 9.88. The van der Waals surface area contributed by atoms with Crippen LogP contribution in [0.3, 0.4) is 0 Å². The monoisotopic (exact) mass is 447 g/mol. The average molecular weight is 448 g/mol. The second-order valence-electron chi connectivity index (χ2n) is 7.80. The summed E-state index contributed by atoms with van der Waals surface area (Å²) in [5.74, 6) is 1.71. The Hall–Kier alpha value is -3.31. The van der Waals surface area contributed by atoms with E-state index in [0.29, 0.717) is 36.7 Å². The Morgan fingerprint density at radius 2 is 1.84 bits per heavy atom. The number of fused-ring (bicyclic) bond motifs is 1. The Morgan fingerprint density at radius 1 is 1.06 bits per heavy atom. The van der Waals surface area contributed by atoms with Crippen LogP contribution in [-0.4, -0.2) is 28.6 Å². The van der Waals surface area contributed by atoms with E-state index < -0.39 is 0 Å². The summed E-state index contributed by atoms with van der Waals surface area (Å²) in [6.45, 7) is 5.81. The molecule has 0 unspecified atom stereocenters. The van der Waals surface area contributed by atoms with Gasteiger partial charge in [-0.05, 0) is 67.4 Å². The van der Waals surface area contributed by atoms with Gasteiger partial charge in [-0.3, -0.25) is 4.79 Å². The summed E-state index contributed by atoms with van der Waals surface area (Å²) in [6.07, 6.45) is 0.623. The molecule has 1 amide bonds. The van der Waals surface area contributed by atoms with Crippen molar-refractivity contribution in [3.8, 4) is 5.75 Å². The summed E-state index contributed by atoms with van der Waals surface area (Å²) in [5.41, 5.74) is 4.89. The number of halogens is 1. The summed E-state index contributed by atoms with van der Waals surface area (Å²) in [5, 5.41) is 3.58. The van der Waals surface area contributed by atoms with Crippen molar-refractivity contribution < 1.29 is 9.53 Å². The average Bonchev–Trinajstić information content (AvgIpc) is 3.14. The first-order valence-corrected chi connectivity index (χ1v) is 11.1. The van der Waals surface area contributed by atoms with Crippen LogP contribution in [0, 0.1) is 13.8 Å². The van der Waals surface area contributed by atoms with E-state index in [9.17, 15) is 4.79 Å². The van der Waals surface area contributed by atoms with Crippen molar-refractivity contribution in [3.63, 3.8) is 0 Å². The number of aromatic nitrogens is 2. The largest absolute Gasteiger partial charge is 0.491 e. The van der Waals surface area contributed by atoms with Crippen LogP contribution in [0.2, 0.25) is 5.02 Å². The highest BCUT2D eigenvalue weighted by atomic mass is 35.5. The molecule has 0 saturated heterocycles. The Balaban J connectivity index is 1.43. The van der Waals surface area contributed by atoms with Crippen molar-refractivity contribution in [1.82, 2.24) is 14.9 Å². The van der Waals surface area contributed by atoms with Crippen molar-refractivity contribution in [2.45, 2.75) is 26.8 Å². The van der Waals surface area contributed by atoms with Gasteiger partial charge in [-0.15, -0.1) is 0 Å². The predicted molar refractivity (Wildman–Crippen MR) is 129 cm³/mol. The molecule has 0 bridgehead atoms. The third kappa shape index (κ3) is 5.11. The van der Waals surface area contributed by atoms with Gasteiger partial charge >= 0.3 is 0 Å². The van der Waals surface area contributed by atoms with Gasteiger partial charge in [-0.2, -0.15) is 0 Å². The fourth-order valence-electron chi connectivity index (χ4n) is 3.67. The lowest BCUT2D eigenvalue weighted by Crippen LogP contribution is -2.26. The van der Waals surface area contributed by atoms with Gasteiger partial charge in [0.25, 0.3) is 5.91 Å². The molecule has 32 heavy (non-hydrogen) atoms. The highest BCUT2D eigenvalue weighted by Crippen LogP contribution is 2.20. The van der Waals surface area contributed by atoms with E-state index in [2.05, 4.69) is 48.0 Å². The summed E-state index contributed by atoms with van der Waals surface area (Å²) < 4.78 is 8.25. The van der Waals surface area contributed by atoms with Crippen LogP contribution in [0.1, 0.15) is 27.3 Å². The quantitative estimate of drug-likeness (QED) is 0.395. The number of amides is 1. The Bertz CT molecular complexity index is 1230. The van der Waals surface area contributed by atoms with Crippen LogP contribution < -0.4 is 10.1 Å². The molecule has 0 aliphatic carbocycles. The number of carbonyl (C=O) groups is 1. The number of ether oxygens (including phenoxy) is 1. The number of benzene rings is 3. The second-order valence-corrected chi connectivity index (χ2v) is 8.24. The number of aryl methyl sites for hydroxylation is 2. The molecule has 0 atom stereocenters. The van der Waals surface area contributed by atoms with E-state index in [-0.39, 0.29) is 5.91 Å². The van der Waals surface area contributed by atoms with E-state index >= 15 is 0 Å². The molecule has 0 radical (unpaired) electrons. The summed E-state index contributed by atoms with van der Waals surface area (Å²) in [4.78, 5) is 17.2. The molecule has 0 saturated carbocycles. The number of nitrogens with zero attached hydrogens (tertiary/aromatic N) is 2. The molecule has 4 aromatic rings. The molecule has 0 aliphatic rings. The van der Waals surface area contributed by atoms with E-state index in [1.54, 1.807) is 24.3 Å². The molecule has 5 nitrogen and oxygen atoms in total. The Kier molecular flexibility index (Phi) is 6.76. The van der Waals surface area contributed by atoms with E-state index in [1.807, 2.05) is 18.2 Å². The molecule has 164 valence electrons. The van der Waals surface area contributed by atoms with Crippen LogP contribution in [0.4, 0.5) is 0 Å². The first-order valence-electron chi connectivity index (χ1n) is 10.7. The molecular weight excluding hydrogens is 422 g/mol. The number of imidazole rings is 1. The molecule has 6 heteroatoms. The number of nitrogens with one attached hydrogen (secondary N) is 1. The number of rotatable bonds is 8. The standard InChI is InChI=1S/C26H26ClN3O2/c1-18-7-8-19(2)24(17-18)32-16-15-30-23-6-4-3-5-22(23)29-25(30)13-14-28-26(31)20-9-11-21(27)12-10-20/h3-12,17H,13-16H2,1-2H3,(H,28,31). The maximum absolute atomic E-state index is 12.4. The fourth-order valence-corrected chi connectivity index (χ4v) is 3.79. The van der Waals surface area contributed by atoms with Crippen LogP contribution in [-0.2, 0) is 13.0 Å². The fraction of sp³-hybridized carbons (Fsp3) is 0.231. The van der Waals surface area contributed by atoms with Gasteiger partial charge in [-0.25, -0.2) is 4.98 Å². The molecule has 0 spiro atoms. The zero-order valence-corrected chi connectivity index (χ0v) is 19.0. The predicted octanol–water partition coefficient (Wildman–Crippen LogP) is 5.36. The van der Waals surface area contributed by atoms with E-state index in [1.165, 1.54) is 5.56 Å². The smallest absolute Gasteiger partial charge is 0.251 e. The van der Waals surface area contributed by atoms with E-state index in [0.717, 1.165) is 28.2 Å². The normalized spacial score (nSPS) is 11.0. The molecule has 0 aliphatic heterocycles. The lowest BCUT2D eigenvalue weighted by atomic mass is 10.1. The number of carbonyl (C=O) groups excluding carboxylic acids is 1. The van der Waals surface area contributed by atoms with Crippen molar-refractivity contribution in [2.24, 2.45) is 0 Å². The summed E-state index contributed by atoms with van der Waals surface area (Å²) in [6, 6.07) is 21.2. The third-order valence-corrected chi connectivity index (χ3v) is 5.64. The number of para-hydroxylation sites is 2. The lowest BCUT2D eigenvalue weighted by Gasteiger charge is -2.13. The highest BCUT2D eigenvalue weighted by Gasteiger charge is 2.12. The van der Waals surface area contributed by atoms with Crippen molar-refractivity contribution in [1.29, 1.82) is 0 Å². The molecule has 4 rings (SSSR count). The molecule has 0 fully saturated rings. The molecular formula is C26H26ClN3O2. The third-order valence-electron chi connectivity index (χ3n) is 5.39. The molecule has 3 aromatic carbocycles. The Labute approximate surface area is 193 Å². The lowest BCUT2D eigenvalue weighted by molar-refractivity contribution is 0.0954. The van der Waals surface area contributed by atoms with Gasteiger partial charge in [0, 0.05) is 23.6 Å². The topological polar surface area (TPSA) is 56.1 Å². The number of hydrogen-bond acceptors (Lipinski definition) is 3. The maximum atomic E-state index is 12.4. The first kappa shape index (κ1) is 21.9. The number of hydrogen-bond donors (Lipinski definition) is 1. The highest BCUT2D eigenvalue weighted by molar-refractivity contribution is 6.30. The minimum absolute atomic E-state index is 0.123. The summed E-state index contributed by atoms with van der Waals surface area (Å²) >= 11 is 5.90. The Morgan fingerprint density at radius 3 is 2.66 bits per heavy atom. The summed E-state index contributed by atoms with van der Waals surface area (Å²) in [7, 11) is 0. The minimum Gasteiger partial charge on any atom is -0.491 e. The van der Waals surface area contributed by atoms with Crippen LogP contribution in [0.15, 0.2) is 66.7 Å². The molecule has 1 N–H and O–H groups in total. The van der Waals surface area contributed by atoms with E-state index in [4.69, 9.17) is 21.3 Å². The molecule has 1 heterocycles. The van der Waals surface area contributed by atoms with Crippen molar-refractivity contribution in [3.05, 3.63) is 94.3 Å². The SMILES string of the molecule is Cc1ccc(C)c(OCCn2c(CCNC(=O)c3ccc(Cl)cc3)nc3ccccc32)c1. The van der Waals surface area contributed by atoms with Crippen LogP contribution >= 0.6 is 11.6 Å². The zero-order chi connectivity index (χ0) is 22.5. The van der Waals surface area contributed by atoms with Crippen molar-refractivity contribution in [2.75, 3.05) is 13.2 Å². The van der Waals surface area contributed by atoms with Gasteiger partial charge in [0.05, 0.1) is 17.6 Å². The van der Waals surface area contributed by atoms with Gasteiger partial charge in [0.1, 0.15) is 18.2 Å². The minimum atomic E-state index is -0.123. The van der Waals surface area contributed by atoms with Gasteiger partial charge in [0.2, 0.25) is 0 Å². The van der Waals surface area contributed by atoms with Crippen LogP contribution in [0.25, 0.3) is 11.0 Å². The van der Waals surface area contributed by atoms with Gasteiger partial charge in [-0.1, -0.05) is 35.9 Å².